The summed E-state index contributed by atoms with van der Waals surface area (Å²) in [6.45, 7) is 1.96. The summed E-state index contributed by atoms with van der Waals surface area (Å²) < 4.78 is 5.27. The largest absolute Gasteiger partial charge is 0.495 e. The molecule has 2 aromatic rings. The van der Waals surface area contributed by atoms with Crippen LogP contribution in [-0.4, -0.2) is 23.8 Å². The molecule has 1 aromatic heterocycles. The lowest BCUT2D eigenvalue weighted by atomic mass is 10.1. The first kappa shape index (κ1) is 11.0. The van der Waals surface area contributed by atoms with E-state index in [1.54, 1.807) is 7.11 Å². The van der Waals surface area contributed by atoms with Gasteiger partial charge in [-0.3, -0.25) is 0 Å². The fourth-order valence-electron chi connectivity index (χ4n) is 1.82. The molecule has 0 aliphatic rings. The molecule has 1 atom stereocenters. The summed E-state index contributed by atoms with van der Waals surface area (Å²) in [6, 6.07) is 5.51. The van der Waals surface area contributed by atoms with Crippen LogP contribution in [-0.2, 0) is 0 Å². The van der Waals surface area contributed by atoms with Crippen LogP contribution in [0.4, 0.5) is 0 Å². The van der Waals surface area contributed by atoms with Gasteiger partial charge in [-0.25, -0.2) is 0 Å². The molecular formula is C12H16N2O2. The summed E-state index contributed by atoms with van der Waals surface area (Å²) in [5, 5.41) is 10.1. The van der Waals surface area contributed by atoms with Gasteiger partial charge in [0, 0.05) is 11.1 Å². The lowest BCUT2D eigenvalue weighted by Crippen LogP contribution is -2.14. The number of aromatic nitrogens is 1. The summed E-state index contributed by atoms with van der Waals surface area (Å²) in [5.41, 5.74) is 8.69. The van der Waals surface area contributed by atoms with Crippen LogP contribution in [0.15, 0.2) is 18.2 Å². The minimum absolute atomic E-state index is 0.0752. The average molecular weight is 220 g/mol. The van der Waals surface area contributed by atoms with Gasteiger partial charge in [0.05, 0.1) is 25.3 Å². The summed E-state index contributed by atoms with van der Waals surface area (Å²) in [6.07, 6.45) is 0. The van der Waals surface area contributed by atoms with Crippen molar-refractivity contribution >= 4 is 10.9 Å². The molecule has 0 bridgehead atoms. The van der Waals surface area contributed by atoms with Crippen molar-refractivity contribution in [1.82, 2.24) is 4.98 Å². The number of aliphatic hydroxyl groups excluding tert-OH is 1. The van der Waals surface area contributed by atoms with Crippen LogP contribution in [0.1, 0.15) is 17.3 Å². The maximum absolute atomic E-state index is 9.03. The quantitative estimate of drug-likeness (QED) is 0.733. The number of benzene rings is 1. The summed E-state index contributed by atoms with van der Waals surface area (Å²) in [5.74, 6) is 0.789. The van der Waals surface area contributed by atoms with E-state index in [4.69, 9.17) is 15.6 Å². The Morgan fingerprint density at radius 2 is 2.25 bits per heavy atom. The number of hydrogen-bond donors (Lipinski definition) is 3. The highest BCUT2D eigenvalue weighted by atomic mass is 16.5. The number of fused-ring (bicyclic) bond motifs is 1. The Morgan fingerprint density at radius 3 is 2.88 bits per heavy atom. The van der Waals surface area contributed by atoms with Crippen molar-refractivity contribution in [2.45, 2.75) is 13.0 Å². The molecule has 0 amide bonds. The van der Waals surface area contributed by atoms with E-state index in [9.17, 15) is 0 Å². The molecule has 1 heterocycles. The lowest BCUT2D eigenvalue weighted by Gasteiger charge is -2.04. The summed E-state index contributed by atoms with van der Waals surface area (Å²) >= 11 is 0. The zero-order valence-corrected chi connectivity index (χ0v) is 9.45. The van der Waals surface area contributed by atoms with Crippen molar-refractivity contribution in [3.05, 3.63) is 29.5 Å². The standard InChI is InChI=1S/C12H16N2O2/c1-7-3-4-11(16-2)12-8(7)5-10(14-12)9(13)6-15/h3-5,9,14-15H,6,13H2,1-2H3. The Balaban J connectivity index is 2.63. The second-order valence-electron chi connectivity index (χ2n) is 3.89. The van der Waals surface area contributed by atoms with Crippen LogP contribution >= 0.6 is 0 Å². The minimum atomic E-state index is -0.378. The van der Waals surface area contributed by atoms with Crippen molar-refractivity contribution in [3.63, 3.8) is 0 Å². The van der Waals surface area contributed by atoms with E-state index in [2.05, 4.69) is 4.98 Å². The molecule has 86 valence electrons. The number of nitrogens with one attached hydrogen (secondary N) is 1. The third-order valence-corrected chi connectivity index (χ3v) is 2.81. The van der Waals surface area contributed by atoms with Gasteiger partial charge in [0.2, 0.25) is 0 Å². The average Bonchev–Trinajstić information content (AvgIpc) is 2.74. The zero-order valence-electron chi connectivity index (χ0n) is 9.45. The van der Waals surface area contributed by atoms with Crippen LogP contribution in [0.25, 0.3) is 10.9 Å². The highest BCUT2D eigenvalue weighted by Crippen LogP contribution is 2.29. The van der Waals surface area contributed by atoms with Gasteiger partial charge in [-0.05, 0) is 24.6 Å². The van der Waals surface area contributed by atoms with Crippen LogP contribution < -0.4 is 10.5 Å². The molecular weight excluding hydrogens is 204 g/mol. The van der Waals surface area contributed by atoms with Crippen molar-refractivity contribution in [2.24, 2.45) is 5.73 Å². The number of aryl methyl sites for hydroxylation is 1. The zero-order chi connectivity index (χ0) is 11.7. The minimum Gasteiger partial charge on any atom is -0.495 e. The van der Waals surface area contributed by atoms with Gasteiger partial charge in [0.15, 0.2) is 0 Å². The van der Waals surface area contributed by atoms with Gasteiger partial charge < -0.3 is 20.6 Å². The Labute approximate surface area is 94.0 Å². The Kier molecular flexibility index (Phi) is 2.85. The number of hydrogen-bond acceptors (Lipinski definition) is 3. The summed E-state index contributed by atoms with van der Waals surface area (Å²) in [7, 11) is 1.64. The molecule has 16 heavy (non-hydrogen) atoms. The number of methoxy groups -OCH3 is 1. The van der Waals surface area contributed by atoms with Gasteiger partial charge >= 0.3 is 0 Å². The van der Waals surface area contributed by atoms with Crippen molar-refractivity contribution in [2.75, 3.05) is 13.7 Å². The monoisotopic (exact) mass is 220 g/mol. The maximum Gasteiger partial charge on any atom is 0.142 e. The first-order chi connectivity index (χ1) is 7.67. The molecule has 0 radical (unpaired) electrons. The molecule has 0 saturated carbocycles. The Morgan fingerprint density at radius 1 is 1.50 bits per heavy atom. The normalized spacial score (nSPS) is 13.0. The number of aromatic amines is 1. The third kappa shape index (κ3) is 1.66. The van der Waals surface area contributed by atoms with E-state index >= 15 is 0 Å². The number of ether oxygens (including phenoxy) is 1. The van der Waals surface area contributed by atoms with Gasteiger partial charge in [0.25, 0.3) is 0 Å². The Bertz CT molecular complexity index is 505. The van der Waals surface area contributed by atoms with E-state index < -0.39 is 0 Å². The van der Waals surface area contributed by atoms with Gasteiger partial charge in [-0.15, -0.1) is 0 Å². The van der Waals surface area contributed by atoms with Gasteiger partial charge in [-0.2, -0.15) is 0 Å². The third-order valence-electron chi connectivity index (χ3n) is 2.81. The molecule has 1 unspecified atom stereocenters. The lowest BCUT2D eigenvalue weighted by molar-refractivity contribution is 0.266. The highest BCUT2D eigenvalue weighted by Gasteiger charge is 2.12. The molecule has 0 fully saturated rings. The molecule has 4 heteroatoms. The molecule has 1 aromatic carbocycles. The van der Waals surface area contributed by atoms with Crippen molar-refractivity contribution in [3.8, 4) is 5.75 Å². The molecule has 0 saturated heterocycles. The van der Waals surface area contributed by atoms with Crippen LogP contribution in [0.3, 0.4) is 0 Å². The van der Waals surface area contributed by atoms with Gasteiger partial charge in [0.1, 0.15) is 5.75 Å². The predicted molar refractivity (Wildman–Crippen MR) is 63.6 cm³/mol. The van der Waals surface area contributed by atoms with Crippen molar-refractivity contribution < 1.29 is 9.84 Å². The number of nitrogens with two attached hydrogens (primary N) is 1. The molecule has 2 rings (SSSR count). The molecule has 0 aliphatic heterocycles. The second-order valence-corrected chi connectivity index (χ2v) is 3.89. The number of rotatable bonds is 3. The predicted octanol–water partition coefficient (Wildman–Crippen LogP) is 1.48. The van der Waals surface area contributed by atoms with E-state index in [-0.39, 0.29) is 12.6 Å². The Hall–Kier alpha value is -1.52. The number of aliphatic hydroxyl groups is 1. The topological polar surface area (TPSA) is 71.3 Å². The van der Waals surface area contributed by atoms with E-state index in [1.807, 2.05) is 25.1 Å². The second kappa shape index (κ2) is 4.15. The fourth-order valence-corrected chi connectivity index (χ4v) is 1.82. The van der Waals surface area contributed by atoms with Gasteiger partial charge in [-0.1, -0.05) is 6.07 Å². The van der Waals surface area contributed by atoms with E-state index in [0.717, 1.165) is 27.9 Å². The fraction of sp³-hybridized carbons (Fsp3) is 0.333. The number of H-pyrrole nitrogens is 1. The smallest absolute Gasteiger partial charge is 0.142 e. The van der Waals surface area contributed by atoms with Crippen molar-refractivity contribution in [1.29, 1.82) is 0 Å². The first-order valence-electron chi connectivity index (χ1n) is 5.20. The molecule has 4 N–H and O–H groups in total. The molecule has 0 aliphatic carbocycles. The van der Waals surface area contributed by atoms with Crippen LogP contribution in [0.2, 0.25) is 0 Å². The molecule has 4 nitrogen and oxygen atoms in total. The first-order valence-corrected chi connectivity index (χ1v) is 5.20. The van der Waals surface area contributed by atoms with Crippen LogP contribution in [0.5, 0.6) is 5.75 Å². The maximum atomic E-state index is 9.03. The van der Waals surface area contributed by atoms with E-state index in [1.165, 1.54) is 0 Å². The van der Waals surface area contributed by atoms with Crippen LogP contribution in [0, 0.1) is 6.92 Å². The SMILES string of the molecule is COc1ccc(C)c2cc(C(N)CO)[nH]c12. The van der Waals surface area contributed by atoms with E-state index in [0.29, 0.717) is 0 Å². The molecule has 0 spiro atoms. The highest BCUT2D eigenvalue weighted by molar-refractivity contribution is 5.89. The summed E-state index contributed by atoms with van der Waals surface area (Å²) in [4.78, 5) is 3.20.